The third-order valence-corrected chi connectivity index (χ3v) is 1.62. The summed E-state index contributed by atoms with van der Waals surface area (Å²) in [4.78, 5) is 0. The molecule has 9 heavy (non-hydrogen) atoms. The maximum absolute atomic E-state index is 11.9. The molecule has 0 rings (SSSR count). The molecular formula is C7H14FN. The van der Waals surface area contributed by atoms with E-state index in [9.17, 15) is 4.39 Å². The molecular weight excluding hydrogens is 117 g/mol. The molecule has 0 bridgehead atoms. The van der Waals surface area contributed by atoms with E-state index < -0.39 is 0 Å². The molecule has 0 aliphatic rings. The molecule has 0 aliphatic carbocycles. The summed E-state index contributed by atoms with van der Waals surface area (Å²) in [6.45, 7) is 4.33. The van der Waals surface area contributed by atoms with Gasteiger partial charge in [-0.2, -0.15) is 0 Å². The zero-order valence-corrected chi connectivity index (χ0v) is 6.02. The van der Waals surface area contributed by atoms with Crippen LogP contribution in [0.4, 0.5) is 4.39 Å². The van der Waals surface area contributed by atoms with Crippen molar-refractivity contribution in [3.63, 3.8) is 0 Å². The lowest BCUT2D eigenvalue weighted by Crippen LogP contribution is -2.09. The molecule has 54 valence electrons. The Bertz CT molecular complexity index is 99.1. The molecule has 0 aromatic rings. The average Bonchev–Trinajstić information content (AvgIpc) is 1.90. The van der Waals surface area contributed by atoms with E-state index in [4.69, 9.17) is 5.73 Å². The lowest BCUT2D eigenvalue weighted by atomic mass is 10.0. The first-order valence-corrected chi connectivity index (χ1v) is 3.25. The summed E-state index contributed by atoms with van der Waals surface area (Å²) in [7, 11) is 0. The van der Waals surface area contributed by atoms with E-state index in [1.165, 1.54) is 0 Å². The summed E-state index contributed by atoms with van der Waals surface area (Å²) in [5, 5.41) is 0. The van der Waals surface area contributed by atoms with Crippen molar-refractivity contribution in [2.24, 2.45) is 11.7 Å². The molecule has 1 nitrogen and oxygen atoms in total. The van der Waals surface area contributed by atoms with Crippen LogP contribution in [0.15, 0.2) is 11.9 Å². The summed E-state index contributed by atoms with van der Waals surface area (Å²) in [5.74, 6) is 0.292. The Labute approximate surface area is 55.7 Å². The van der Waals surface area contributed by atoms with Gasteiger partial charge in [0.15, 0.2) is 0 Å². The van der Waals surface area contributed by atoms with Gasteiger partial charge in [-0.3, -0.25) is 0 Å². The standard InChI is InChI=1S/C7H14FN/c1-3-6(2)7(4-8)5-9/h4,6H,3,5,9H2,1-2H3/b7-4+. The second-order valence-corrected chi connectivity index (χ2v) is 2.20. The first kappa shape index (κ1) is 8.63. The smallest absolute Gasteiger partial charge is 0.0874 e. The predicted octanol–water partition coefficient (Wildman–Crippen LogP) is 1.84. The molecule has 0 spiro atoms. The third kappa shape index (κ3) is 2.61. The van der Waals surface area contributed by atoms with Crippen LogP contribution in [-0.4, -0.2) is 6.54 Å². The molecule has 1 unspecified atom stereocenters. The van der Waals surface area contributed by atoms with Crippen molar-refractivity contribution in [1.82, 2.24) is 0 Å². The second kappa shape index (κ2) is 4.50. The van der Waals surface area contributed by atoms with Gasteiger partial charge >= 0.3 is 0 Å². The minimum atomic E-state index is 0.292. The number of halogens is 1. The largest absolute Gasteiger partial charge is 0.327 e. The summed E-state index contributed by atoms with van der Waals surface area (Å²) >= 11 is 0. The second-order valence-electron chi connectivity index (χ2n) is 2.20. The topological polar surface area (TPSA) is 26.0 Å². The highest BCUT2D eigenvalue weighted by atomic mass is 19.1. The molecule has 0 saturated heterocycles. The van der Waals surface area contributed by atoms with E-state index in [1.807, 2.05) is 13.8 Å². The monoisotopic (exact) mass is 131 g/mol. The van der Waals surface area contributed by atoms with Crippen LogP contribution in [0.5, 0.6) is 0 Å². The van der Waals surface area contributed by atoms with Crippen LogP contribution < -0.4 is 5.73 Å². The highest BCUT2D eigenvalue weighted by Gasteiger charge is 2.02. The molecule has 0 aliphatic heterocycles. The van der Waals surface area contributed by atoms with E-state index in [-0.39, 0.29) is 0 Å². The van der Waals surface area contributed by atoms with E-state index in [2.05, 4.69) is 0 Å². The molecule has 0 aromatic heterocycles. The number of rotatable bonds is 3. The number of hydrogen-bond acceptors (Lipinski definition) is 1. The van der Waals surface area contributed by atoms with Gasteiger partial charge in [0, 0.05) is 6.54 Å². The van der Waals surface area contributed by atoms with Crippen LogP contribution in [0.3, 0.4) is 0 Å². The fourth-order valence-corrected chi connectivity index (χ4v) is 0.615. The highest BCUT2D eigenvalue weighted by molar-refractivity contribution is 5.02. The van der Waals surface area contributed by atoms with Gasteiger partial charge in [-0.15, -0.1) is 0 Å². The Kier molecular flexibility index (Phi) is 4.32. The molecule has 2 heteroatoms. The van der Waals surface area contributed by atoms with Crippen LogP contribution >= 0.6 is 0 Å². The van der Waals surface area contributed by atoms with Crippen LogP contribution in [0.1, 0.15) is 20.3 Å². The number of hydrogen-bond donors (Lipinski definition) is 1. The van der Waals surface area contributed by atoms with Crippen LogP contribution in [0, 0.1) is 5.92 Å². The molecule has 0 fully saturated rings. The number of nitrogens with two attached hydrogens (primary N) is 1. The van der Waals surface area contributed by atoms with Gasteiger partial charge in [-0.25, -0.2) is 4.39 Å². The van der Waals surface area contributed by atoms with Gasteiger partial charge in [-0.1, -0.05) is 13.8 Å². The van der Waals surface area contributed by atoms with Gasteiger partial charge in [0.05, 0.1) is 6.33 Å². The van der Waals surface area contributed by atoms with Crippen molar-refractivity contribution in [2.45, 2.75) is 20.3 Å². The first-order chi connectivity index (χ1) is 4.26. The SMILES string of the molecule is CCC(C)/C(=C/F)CN. The van der Waals surface area contributed by atoms with Crippen molar-refractivity contribution in [1.29, 1.82) is 0 Å². The molecule has 0 aromatic carbocycles. The summed E-state index contributed by atoms with van der Waals surface area (Å²) < 4.78 is 11.9. The summed E-state index contributed by atoms with van der Waals surface area (Å²) in [6.07, 6.45) is 1.57. The van der Waals surface area contributed by atoms with Crippen LogP contribution in [0.25, 0.3) is 0 Å². The zero-order valence-electron chi connectivity index (χ0n) is 6.02. The Hall–Kier alpha value is -0.370. The van der Waals surface area contributed by atoms with Gasteiger partial charge in [-0.05, 0) is 17.9 Å². The Morgan fingerprint density at radius 3 is 2.44 bits per heavy atom. The fourth-order valence-electron chi connectivity index (χ4n) is 0.615. The maximum atomic E-state index is 11.9. The first-order valence-electron chi connectivity index (χ1n) is 3.25. The average molecular weight is 131 g/mol. The normalized spacial score (nSPS) is 15.8. The van der Waals surface area contributed by atoms with E-state index in [0.29, 0.717) is 24.4 Å². The lowest BCUT2D eigenvalue weighted by molar-refractivity contribution is 0.603. The quantitative estimate of drug-likeness (QED) is 0.621. The highest BCUT2D eigenvalue weighted by Crippen LogP contribution is 2.12. The van der Waals surface area contributed by atoms with E-state index >= 15 is 0 Å². The van der Waals surface area contributed by atoms with Crippen LogP contribution in [0.2, 0.25) is 0 Å². The zero-order chi connectivity index (χ0) is 7.28. The third-order valence-electron chi connectivity index (χ3n) is 1.62. The summed E-state index contributed by atoms with van der Waals surface area (Å²) in [5.41, 5.74) is 5.96. The predicted molar refractivity (Wildman–Crippen MR) is 37.7 cm³/mol. The molecule has 2 N–H and O–H groups in total. The van der Waals surface area contributed by atoms with Gasteiger partial charge < -0.3 is 5.73 Å². The molecule has 0 amide bonds. The summed E-state index contributed by atoms with van der Waals surface area (Å²) in [6, 6.07) is 0. The van der Waals surface area contributed by atoms with Crippen molar-refractivity contribution >= 4 is 0 Å². The Balaban J connectivity index is 3.80. The van der Waals surface area contributed by atoms with Gasteiger partial charge in [0.2, 0.25) is 0 Å². The van der Waals surface area contributed by atoms with Gasteiger partial charge in [0.1, 0.15) is 0 Å². The molecule has 0 radical (unpaired) electrons. The van der Waals surface area contributed by atoms with Crippen molar-refractivity contribution in [3.05, 3.63) is 11.9 Å². The van der Waals surface area contributed by atoms with Crippen molar-refractivity contribution in [3.8, 4) is 0 Å². The van der Waals surface area contributed by atoms with E-state index in [0.717, 1.165) is 6.42 Å². The maximum Gasteiger partial charge on any atom is 0.0874 e. The van der Waals surface area contributed by atoms with Gasteiger partial charge in [0.25, 0.3) is 0 Å². The van der Waals surface area contributed by atoms with Crippen molar-refractivity contribution < 1.29 is 4.39 Å². The van der Waals surface area contributed by atoms with Crippen LogP contribution in [-0.2, 0) is 0 Å². The van der Waals surface area contributed by atoms with Crippen molar-refractivity contribution in [2.75, 3.05) is 6.54 Å². The molecule has 1 atom stereocenters. The fraction of sp³-hybridized carbons (Fsp3) is 0.714. The molecule has 0 saturated carbocycles. The van der Waals surface area contributed by atoms with E-state index in [1.54, 1.807) is 0 Å². The molecule has 0 heterocycles. The minimum absolute atomic E-state index is 0.292. The lowest BCUT2D eigenvalue weighted by Gasteiger charge is -2.08. The Morgan fingerprint density at radius 1 is 1.78 bits per heavy atom. The minimum Gasteiger partial charge on any atom is -0.327 e. The Morgan fingerprint density at radius 2 is 2.33 bits per heavy atom.